The van der Waals surface area contributed by atoms with Crippen molar-refractivity contribution in [2.45, 2.75) is 44.8 Å². The molecule has 1 atom stereocenters. The molecule has 0 fully saturated rings. The summed E-state index contributed by atoms with van der Waals surface area (Å²) in [6, 6.07) is 6.70. The molecule has 0 aromatic heterocycles. The number of carboxylic acid groups (broad SMARTS) is 1. The minimum absolute atomic E-state index is 0.0844. The van der Waals surface area contributed by atoms with Crippen LogP contribution in [0.3, 0.4) is 0 Å². The van der Waals surface area contributed by atoms with E-state index in [-0.39, 0.29) is 12.2 Å². The lowest BCUT2D eigenvalue weighted by atomic mass is 10.1. The second-order valence-electron chi connectivity index (χ2n) is 4.83. The van der Waals surface area contributed by atoms with Gasteiger partial charge in [0.1, 0.15) is 12.0 Å². The minimum atomic E-state index is -0.858. The Morgan fingerprint density at radius 2 is 1.75 bits per heavy atom. The zero-order valence-electron chi connectivity index (χ0n) is 11.6. The van der Waals surface area contributed by atoms with Crippen LogP contribution in [0.25, 0.3) is 0 Å². The van der Waals surface area contributed by atoms with Gasteiger partial charge in [-0.3, -0.25) is 10.1 Å². The van der Waals surface area contributed by atoms with Crippen LogP contribution in [0.5, 0.6) is 5.75 Å². The highest BCUT2D eigenvalue weighted by Gasteiger charge is 2.09. The second-order valence-corrected chi connectivity index (χ2v) is 4.83. The summed E-state index contributed by atoms with van der Waals surface area (Å²) in [6.07, 6.45) is 3.95. The number of phenols is 1. The third-order valence-electron chi connectivity index (χ3n) is 3.14. The maximum absolute atomic E-state index is 10.3. The van der Waals surface area contributed by atoms with Crippen LogP contribution < -0.4 is 5.32 Å². The van der Waals surface area contributed by atoms with Crippen LogP contribution in [-0.4, -0.2) is 27.8 Å². The number of nitrogens with one attached hydrogen (secondary N) is 1. The van der Waals surface area contributed by atoms with E-state index < -0.39 is 12.2 Å². The molecule has 5 heteroatoms. The predicted octanol–water partition coefficient (Wildman–Crippen LogP) is 2.40. The zero-order valence-corrected chi connectivity index (χ0v) is 11.6. The average molecular weight is 281 g/mol. The number of aliphatic hydroxyl groups is 1. The van der Waals surface area contributed by atoms with E-state index in [1.165, 1.54) is 0 Å². The fourth-order valence-electron chi connectivity index (χ4n) is 2.00. The Kier molecular flexibility index (Phi) is 7.69. The van der Waals surface area contributed by atoms with Crippen molar-refractivity contribution in [1.29, 1.82) is 0 Å². The summed E-state index contributed by atoms with van der Waals surface area (Å²) in [5.41, 5.74) is 0.481. The van der Waals surface area contributed by atoms with Crippen molar-refractivity contribution in [2.24, 2.45) is 0 Å². The maximum atomic E-state index is 10.3. The molecule has 1 unspecified atom stereocenters. The third kappa shape index (κ3) is 6.54. The Labute approximate surface area is 119 Å². The number of phenolic OH excluding ortho intramolecular Hbond substituents is 1. The highest BCUT2D eigenvalue weighted by molar-refractivity contribution is 5.66. The average Bonchev–Trinajstić information content (AvgIpc) is 2.41. The van der Waals surface area contributed by atoms with Crippen molar-refractivity contribution in [3.05, 3.63) is 29.8 Å². The number of aliphatic hydroxyl groups excluding tert-OH is 1. The first-order valence-electron chi connectivity index (χ1n) is 7.02. The predicted molar refractivity (Wildman–Crippen MR) is 76.4 cm³/mol. The van der Waals surface area contributed by atoms with E-state index in [9.17, 15) is 15.0 Å². The third-order valence-corrected chi connectivity index (χ3v) is 3.14. The van der Waals surface area contributed by atoms with E-state index >= 15 is 0 Å². The normalized spacial score (nSPS) is 12.2. The standard InChI is InChI=1S/C15H23NO4/c17-13-9-6-5-8-12(13)15(20)16-11-7-3-1-2-4-10-14(18)19/h5-6,8-9,15-17,20H,1-4,7,10-11H2,(H,18,19). The summed E-state index contributed by atoms with van der Waals surface area (Å²) in [6.45, 7) is 0.661. The van der Waals surface area contributed by atoms with Crippen molar-refractivity contribution in [2.75, 3.05) is 6.54 Å². The molecule has 0 bridgehead atoms. The lowest BCUT2D eigenvalue weighted by molar-refractivity contribution is -0.137. The van der Waals surface area contributed by atoms with E-state index in [4.69, 9.17) is 5.11 Å². The molecule has 0 aliphatic rings. The summed E-state index contributed by atoms with van der Waals surface area (Å²) in [4.78, 5) is 10.3. The van der Waals surface area contributed by atoms with Gasteiger partial charge < -0.3 is 15.3 Å². The van der Waals surface area contributed by atoms with E-state index in [0.29, 0.717) is 12.1 Å². The number of aliphatic carboxylic acids is 1. The van der Waals surface area contributed by atoms with Crippen molar-refractivity contribution < 1.29 is 20.1 Å². The Balaban J connectivity index is 2.07. The highest BCUT2D eigenvalue weighted by Crippen LogP contribution is 2.21. The lowest BCUT2D eigenvalue weighted by Gasteiger charge is -2.14. The second kappa shape index (κ2) is 9.34. The van der Waals surface area contributed by atoms with Gasteiger partial charge in [0, 0.05) is 12.0 Å². The van der Waals surface area contributed by atoms with Gasteiger partial charge in [0.25, 0.3) is 0 Å². The summed E-state index contributed by atoms with van der Waals surface area (Å²) < 4.78 is 0. The molecule has 0 aliphatic carbocycles. The van der Waals surface area contributed by atoms with Gasteiger partial charge in [-0.15, -0.1) is 0 Å². The van der Waals surface area contributed by atoms with Gasteiger partial charge in [0.15, 0.2) is 0 Å². The van der Waals surface area contributed by atoms with Gasteiger partial charge in [-0.1, -0.05) is 37.5 Å². The molecule has 0 amide bonds. The molecule has 0 radical (unpaired) electrons. The fraction of sp³-hybridized carbons (Fsp3) is 0.533. The molecule has 0 spiro atoms. The number of benzene rings is 1. The molecule has 1 aromatic rings. The van der Waals surface area contributed by atoms with Crippen molar-refractivity contribution in [3.8, 4) is 5.75 Å². The monoisotopic (exact) mass is 281 g/mol. The molecule has 5 nitrogen and oxygen atoms in total. The van der Waals surface area contributed by atoms with Gasteiger partial charge in [0.2, 0.25) is 0 Å². The van der Waals surface area contributed by atoms with Crippen LogP contribution in [0.1, 0.15) is 50.3 Å². The minimum Gasteiger partial charge on any atom is -0.508 e. The first-order chi connectivity index (χ1) is 9.61. The number of unbranched alkanes of at least 4 members (excludes halogenated alkanes) is 4. The topological polar surface area (TPSA) is 89.8 Å². The molecular formula is C15H23NO4. The van der Waals surface area contributed by atoms with Crippen LogP contribution in [-0.2, 0) is 4.79 Å². The largest absolute Gasteiger partial charge is 0.508 e. The summed E-state index contributed by atoms with van der Waals surface area (Å²) in [7, 11) is 0. The van der Waals surface area contributed by atoms with Crippen LogP contribution >= 0.6 is 0 Å². The molecule has 0 aliphatic heterocycles. The van der Waals surface area contributed by atoms with Crippen LogP contribution in [0.15, 0.2) is 24.3 Å². The van der Waals surface area contributed by atoms with Crippen molar-refractivity contribution >= 4 is 5.97 Å². The molecule has 112 valence electrons. The van der Waals surface area contributed by atoms with E-state index in [0.717, 1.165) is 32.1 Å². The molecule has 0 heterocycles. The summed E-state index contributed by atoms with van der Waals surface area (Å²) in [5.74, 6) is -0.654. The Hall–Kier alpha value is -1.59. The van der Waals surface area contributed by atoms with Gasteiger partial charge in [0.05, 0.1) is 0 Å². The number of hydrogen-bond acceptors (Lipinski definition) is 4. The van der Waals surface area contributed by atoms with Gasteiger partial charge in [-0.05, 0) is 25.5 Å². The SMILES string of the molecule is O=C(O)CCCCCCCNC(O)c1ccccc1O. The van der Waals surface area contributed by atoms with Crippen LogP contribution in [0.4, 0.5) is 0 Å². The maximum Gasteiger partial charge on any atom is 0.303 e. The smallest absolute Gasteiger partial charge is 0.303 e. The molecule has 20 heavy (non-hydrogen) atoms. The summed E-state index contributed by atoms with van der Waals surface area (Å²) >= 11 is 0. The lowest BCUT2D eigenvalue weighted by Crippen LogP contribution is -2.22. The Bertz CT molecular complexity index is 409. The van der Waals surface area contributed by atoms with E-state index in [2.05, 4.69) is 5.32 Å². The molecule has 1 rings (SSSR count). The molecular weight excluding hydrogens is 258 g/mol. The summed E-state index contributed by atoms with van der Waals surface area (Å²) in [5, 5.41) is 30.9. The van der Waals surface area contributed by atoms with Crippen molar-refractivity contribution in [1.82, 2.24) is 5.32 Å². The number of para-hydroxylation sites is 1. The number of hydrogen-bond donors (Lipinski definition) is 4. The molecule has 0 saturated carbocycles. The first kappa shape index (κ1) is 16.5. The molecule has 0 saturated heterocycles. The number of carboxylic acids is 1. The van der Waals surface area contributed by atoms with Gasteiger partial charge in [-0.2, -0.15) is 0 Å². The fourth-order valence-corrected chi connectivity index (χ4v) is 2.00. The number of carbonyl (C=O) groups is 1. The quantitative estimate of drug-likeness (QED) is 0.390. The van der Waals surface area contributed by atoms with Crippen LogP contribution in [0.2, 0.25) is 0 Å². The first-order valence-corrected chi connectivity index (χ1v) is 7.02. The molecule has 1 aromatic carbocycles. The van der Waals surface area contributed by atoms with Gasteiger partial charge in [-0.25, -0.2) is 0 Å². The van der Waals surface area contributed by atoms with Crippen LogP contribution in [0, 0.1) is 0 Å². The number of aromatic hydroxyl groups is 1. The zero-order chi connectivity index (χ0) is 14.8. The van der Waals surface area contributed by atoms with Crippen molar-refractivity contribution in [3.63, 3.8) is 0 Å². The van der Waals surface area contributed by atoms with E-state index in [1.54, 1.807) is 24.3 Å². The Morgan fingerprint density at radius 1 is 1.10 bits per heavy atom. The van der Waals surface area contributed by atoms with Gasteiger partial charge >= 0.3 is 5.97 Å². The highest BCUT2D eigenvalue weighted by atomic mass is 16.4. The molecule has 4 N–H and O–H groups in total. The number of rotatable bonds is 10. The Morgan fingerprint density at radius 3 is 2.45 bits per heavy atom. The van der Waals surface area contributed by atoms with E-state index in [1.807, 2.05) is 0 Å².